The molecule has 0 saturated carbocycles. The lowest BCUT2D eigenvalue weighted by atomic mass is 9.98. The van der Waals surface area contributed by atoms with Crippen molar-refractivity contribution < 1.29 is 14.7 Å². The number of amides is 1. The fourth-order valence-electron chi connectivity index (χ4n) is 3.05. The molecular formula is C23H19Cl2NO3. The SMILES string of the molecule is Cc1ccccc1Cc1ccc(NC(=O)Cc2ccc(Cl)c(Cl)c2)c(C(=O)O)c1. The fourth-order valence-corrected chi connectivity index (χ4v) is 3.37. The van der Waals surface area contributed by atoms with Gasteiger partial charge in [0.25, 0.3) is 0 Å². The normalized spacial score (nSPS) is 10.6. The summed E-state index contributed by atoms with van der Waals surface area (Å²) >= 11 is 11.9. The number of carboxylic acid groups (broad SMARTS) is 1. The number of aryl methyl sites for hydroxylation is 1. The third-order valence-corrected chi connectivity index (χ3v) is 5.33. The van der Waals surface area contributed by atoms with Gasteiger partial charge in [-0.05, 0) is 59.9 Å². The van der Waals surface area contributed by atoms with Gasteiger partial charge in [0.05, 0.1) is 27.7 Å². The summed E-state index contributed by atoms with van der Waals surface area (Å²) in [6.45, 7) is 2.02. The van der Waals surface area contributed by atoms with Crippen LogP contribution in [0.5, 0.6) is 0 Å². The van der Waals surface area contributed by atoms with E-state index < -0.39 is 5.97 Å². The van der Waals surface area contributed by atoms with Gasteiger partial charge in [-0.15, -0.1) is 0 Å². The summed E-state index contributed by atoms with van der Waals surface area (Å²) in [6, 6.07) is 18.0. The Kier molecular flexibility index (Phi) is 6.57. The first kappa shape index (κ1) is 20.9. The van der Waals surface area contributed by atoms with E-state index in [2.05, 4.69) is 5.32 Å². The Morgan fingerprint density at radius 2 is 1.66 bits per heavy atom. The lowest BCUT2D eigenvalue weighted by Gasteiger charge is -2.12. The number of hydrogen-bond acceptors (Lipinski definition) is 2. The molecule has 0 bridgehead atoms. The van der Waals surface area contributed by atoms with Crippen molar-refractivity contribution in [3.63, 3.8) is 0 Å². The van der Waals surface area contributed by atoms with Crippen LogP contribution in [0.4, 0.5) is 5.69 Å². The van der Waals surface area contributed by atoms with Gasteiger partial charge in [-0.1, -0.05) is 59.6 Å². The summed E-state index contributed by atoms with van der Waals surface area (Å²) in [5.74, 6) is -1.43. The zero-order valence-corrected chi connectivity index (χ0v) is 17.2. The second kappa shape index (κ2) is 9.12. The molecule has 1 amide bonds. The Hall–Kier alpha value is -2.82. The van der Waals surface area contributed by atoms with Gasteiger partial charge in [-0.25, -0.2) is 4.79 Å². The van der Waals surface area contributed by atoms with Crippen LogP contribution in [-0.4, -0.2) is 17.0 Å². The molecule has 0 aliphatic rings. The molecule has 0 atom stereocenters. The quantitative estimate of drug-likeness (QED) is 0.524. The van der Waals surface area contributed by atoms with E-state index in [0.29, 0.717) is 22.0 Å². The topological polar surface area (TPSA) is 66.4 Å². The van der Waals surface area contributed by atoms with E-state index in [4.69, 9.17) is 23.2 Å². The highest BCUT2D eigenvalue weighted by Crippen LogP contribution is 2.24. The number of carbonyl (C=O) groups excluding carboxylic acids is 1. The zero-order chi connectivity index (χ0) is 21.0. The van der Waals surface area contributed by atoms with Crippen LogP contribution < -0.4 is 5.32 Å². The number of aromatic carboxylic acids is 1. The molecule has 29 heavy (non-hydrogen) atoms. The predicted molar refractivity (Wildman–Crippen MR) is 116 cm³/mol. The van der Waals surface area contributed by atoms with Crippen molar-refractivity contribution in [3.05, 3.63) is 98.5 Å². The smallest absolute Gasteiger partial charge is 0.337 e. The molecule has 148 valence electrons. The van der Waals surface area contributed by atoms with Gasteiger partial charge in [-0.3, -0.25) is 4.79 Å². The number of nitrogens with one attached hydrogen (secondary N) is 1. The highest BCUT2D eigenvalue weighted by atomic mass is 35.5. The van der Waals surface area contributed by atoms with E-state index in [0.717, 1.165) is 16.7 Å². The summed E-state index contributed by atoms with van der Waals surface area (Å²) in [4.78, 5) is 24.1. The van der Waals surface area contributed by atoms with Crippen LogP contribution in [-0.2, 0) is 17.6 Å². The maximum Gasteiger partial charge on any atom is 0.337 e. The van der Waals surface area contributed by atoms with E-state index >= 15 is 0 Å². The Balaban J connectivity index is 1.78. The standard InChI is InChI=1S/C23H19Cl2NO3/c1-14-4-2-3-5-17(14)10-15-7-9-21(18(11-15)23(28)29)26-22(27)13-16-6-8-19(24)20(25)12-16/h2-9,11-12H,10,13H2,1H3,(H,26,27)(H,28,29). The van der Waals surface area contributed by atoms with Crippen molar-refractivity contribution in [2.45, 2.75) is 19.8 Å². The highest BCUT2D eigenvalue weighted by Gasteiger charge is 2.15. The van der Waals surface area contributed by atoms with Gasteiger partial charge in [0, 0.05) is 0 Å². The molecule has 3 aromatic rings. The first-order chi connectivity index (χ1) is 13.8. The number of carbonyl (C=O) groups is 2. The largest absolute Gasteiger partial charge is 0.478 e. The summed E-state index contributed by atoms with van der Waals surface area (Å²) in [6.07, 6.45) is 0.672. The molecular weight excluding hydrogens is 409 g/mol. The molecule has 3 rings (SSSR count). The maximum absolute atomic E-state index is 12.4. The molecule has 0 spiro atoms. The number of benzene rings is 3. The molecule has 4 nitrogen and oxygen atoms in total. The van der Waals surface area contributed by atoms with Crippen LogP contribution in [0.15, 0.2) is 60.7 Å². The van der Waals surface area contributed by atoms with Gasteiger partial charge in [-0.2, -0.15) is 0 Å². The van der Waals surface area contributed by atoms with Crippen molar-refractivity contribution in [2.75, 3.05) is 5.32 Å². The number of anilines is 1. The summed E-state index contributed by atoms with van der Waals surface area (Å²) in [5, 5.41) is 13.1. The average molecular weight is 428 g/mol. The number of carboxylic acids is 1. The number of hydrogen-bond donors (Lipinski definition) is 2. The highest BCUT2D eigenvalue weighted by molar-refractivity contribution is 6.42. The van der Waals surface area contributed by atoms with Crippen molar-refractivity contribution in [1.82, 2.24) is 0 Å². The third-order valence-electron chi connectivity index (χ3n) is 4.59. The number of halogens is 2. The molecule has 6 heteroatoms. The van der Waals surface area contributed by atoms with E-state index in [1.54, 1.807) is 30.3 Å². The van der Waals surface area contributed by atoms with Crippen molar-refractivity contribution >= 4 is 40.8 Å². The van der Waals surface area contributed by atoms with Crippen LogP contribution in [0.1, 0.15) is 32.6 Å². The van der Waals surface area contributed by atoms with Crippen molar-refractivity contribution in [1.29, 1.82) is 0 Å². The molecule has 0 aliphatic heterocycles. The van der Waals surface area contributed by atoms with Gasteiger partial charge >= 0.3 is 5.97 Å². The first-order valence-corrected chi connectivity index (χ1v) is 9.73. The summed E-state index contributed by atoms with van der Waals surface area (Å²) in [7, 11) is 0. The van der Waals surface area contributed by atoms with Crippen LogP contribution >= 0.6 is 23.2 Å². The first-order valence-electron chi connectivity index (χ1n) is 8.98. The van der Waals surface area contributed by atoms with Crippen LogP contribution in [0.25, 0.3) is 0 Å². The molecule has 0 saturated heterocycles. The van der Waals surface area contributed by atoms with Gasteiger partial charge < -0.3 is 10.4 Å². The van der Waals surface area contributed by atoms with Gasteiger partial charge in [0.15, 0.2) is 0 Å². The molecule has 0 heterocycles. The second-order valence-corrected chi connectivity index (χ2v) is 7.58. The fraction of sp³-hybridized carbons (Fsp3) is 0.130. The number of rotatable bonds is 6. The Bertz CT molecular complexity index is 1080. The lowest BCUT2D eigenvalue weighted by molar-refractivity contribution is -0.115. The molecule has 0 unspecified atom stereocenters. The lowest BCUT2D eigenvalue weighted by Crippen LogP contribution is -2.17. The van der Waals surface area contributed by atoms with Crippen LogP contribution in [0, 0.1) is 6.92 Å². The maximum atomic E-state index is 12.4. The molecule has 0 fully saturated rings. The molecule has 0 radical (unpaired) electrons. The van der Waals surface area contributed by atoms with Crippen LogP contribution in [0.2, 0.25) is 10.0 Å². The minimum absolute atomic E-state index is 0.0542. The predicted octanol–water partition coefficient (Wildman–Crippen LogP) is 5.77. The molecule has 0 aromatic heterocycles. The monoisotopic (exact) mass is 427 g/mol. The average Bonchev–Trinajstić information content (AvgIpc) is 2.67. The van der Waals surface area contributed by atoms with Crippen molar-refractivity contribution in [2.24, 2.45) is 0 Å². The van der Waals surface area contributed by atoms with Crippen LogP contribution in [0.3, 0.4) is 0 Å². The van der Waals surface area contributed by atoms with E-state index in [1.165, 1.54) is 0 Å². The molecule has 3 aromatic carbocycles. The van der Waals surface area contributed by atoms with E-state index in [9.17, 15) is 14.7 Å². The Morgan fingerprint density at radius 3 is 2.34 bits per heavy atom. The Morgan fingerprint density at radius 1 is 0.931 bits per heavy atom. The molecule has 0 aliphatic carbocycles. The zero-order valence-electron chi connectivity index (χ0n) is 15.7. The molecule has 2 N–H and O–H groups in total. The summed E-state index contributed by atoms with van der Waals surface area (Å²) < 4.78 is 0. The minimum atomic E-state index is -1.10. The van der Waals surface area contributed by atoms with Crippen molar-refractivity contribution in [3.8, 4) is 0 Å². The van der Waals surface area contributed by atoms with Gasteiger partial charge in [0.2, 0.25) is 5.91 Å². The third kappa shape index (κ3) is 5.37. The van der Waals surface area contributed by atoms with E-state index in [-0.39, 0.29) is 23.6 Å². The second-order valence-electron chi connectivity index (χ2n) is 6.76. The Labute approximate surface area is 179 Å². The van der Waals surface area contributed by atoms with Gasteiger partial charge in [0.1, 0.15) is 0 Å². The van der Waals surface area contributed by atoms with E-state index in [1.807, 2.05) is 37.3 Å². The minimum Gasteiger partial charge on any atom is -0.478 e. The summed E-state index contributed by atoms with van der Waals surface area (Å²) in [5.41, 5.74) is 4.13.